The van der Waals surface area contributed by atoms with Gasteiger partial charge in [0.15, 0.2) is 0 Å². The Morgan fingerprint density at radius 2 is 0.489 bits per heavy atom. The molecule has 0 aromatic rings. The van der Waals surface area contributed by atoms with E-state index < -0.39 is 0 Å². The zero-order valence-electron chi connectivity index (χ0n) is 31.2. The third kappa shape index (κ3) is 42.8. The van der Waals surface area contributed by atoms with Crippen LogP contribution in [0, 0.1) is 0 Å². The van der Waals surface area contributed by atoms with Gasteiger partial charge in [-0.25, -0.2) is 0 Å². The highest BCUT2D eigenvalue weighted by Crippen LogP contribution is 2.15. The first kappa shape index (κ1) is 43.8. The molecule has 0 amide bonds. The van der Waals surface area contributed by atoms with Crippen molar-refractivity contribution in [2.75, 3.05) is 0 Å². The molecule has 0 saturated carbocycles. The monoisotopic (exact) mass is 626 g/mol. The second kappa shape index (κ2) is 42.8. The molecule has 0 aliphatic carbocycles. The molecule has 1 N–H and O–H groups in total. The maximum atomic E-state index is 3.24. The van der Waals surface area contributed by atoms with Crippen molar-refractivity contribution in [3.8, 4) is 0 Å². The van der Waals surface area contributed by atoms with Crippen LogP contribution in [0.15, 0.2) is 48.9 Å². The lowest BCUT2D eigenvalue weighted by molar-refractivity contribution is 0.530. The first-order valence-electron chi connectivity index (χ1n) is 20.8. The zero-order chi connectivity index (χ0) is 32.4. The summed E-state index contributed by atoms with van der Waals surface area (Å²) < 4.78 is 0. The third-order valence-corrected chi connectivity index (χ3v) is 9.33. The quantitative estimate of drug-likeness (QED) is 0.0531. The Labute approximate surface area is 285 Å². The molecule has 0 aromatic carbocycles. The molecule has 0 atom stereocenters. The van der Waals surface area contributed by atoms with E-state index in [1.807, 2.05) is 12.4 Å². The SMILES string of the molecule is CCCCCCCCCCCCCCCCCC/C=C/C=C/N/C=C/C=C/CCCCCCCCCCCCCCCCCC. The summed E-state index contributed by atoms with van der Waals surface area (Å²) >= 11 is 0. The smallest absolute Gasteiger partial charge is 0.000431 e. The summed E-state index contributed by atoms with van der Waals surface area (Å²) in [6.45, 7) is 4.60. The van der Waals surface area contributed by atoms with Gasteiger partial charge < -0.3 is 5.32 Å². The summed E-state index contributed by atoms with van der Waals surface area (Å²) in [6.07, 6.45) is 65.7. The van der Waals surface area contributed by atoms with Gasteiger partial charge in [0, 0.05) is 12.4 Å². The fourth-order valence-electron chi connectivity index (χ4n) is 6.25. The predicted octanol–water partition coefficient (Wildman–Crippen LogP) is 16.0. The van der Waals surface area contributed by atoms with Crippen LogP contribution in [-0.2, 0) is 0 Å². The van der Waals surface area contributed by atoms with E-state index >= 15 is 0 Å². The van der Waals surface area contributed by atoms with Crippen molar-refractivity contribution in [1.29, 1.82) is 0 Å². The minimum absolute atomic E-state index is 1.21. The maximum Gasteiger partial charge on any atom is 0.000431 e. The van der Waals surface area contributed by atoms with E-state index in [2.05, 4.69) is 55.6 Å². The second-order valence-electron chi connectivity index (χ2n) is 13.9. The molecule has 0 aliphatic rings. The second-order valence-corrected chi connectivity index (χ2v) is 13.9. The maximum absolute atomic E-state index is 3.24. The van der Waals surface area contributed by atoms with Crippen LogP contribution in [0.4, 0.5) is 0 Å². The van der Waals surface area contributed by atoms with Crippen LogP contribution in [0.1, 0.15) is 232 Å². The van der Waals surface area contributed by atoms with E-state index in [0.29, 0.717) is 0 Å². The summed E-state index contributed by atoms with van der Waals surface area (Å²) in [5.41, 5.74) is 0. The van der Waals surface area contributed by atoms with Crippen molar-refractivity contribution >= 4 is 0 Å². The van der Waals surface area contributed by atoms with Crippen molar-refractivity contribution < 1.29 is 0 Å². The number of unbranched alkanes of at least 4 members (excludes halogenated alkanes) is 32. The molecule has 0 bridgehead atoms. The molecule has 0 radical (unpaired) electrons. The van der Waals surface area contributed by atoms with Gasteiger partial charge in [0.05, 0.1) is 0 Å². The van der Waals surface area contributed by atoms with Gasteiger partial charge in [-0.05, 0) is 37.8 Å². The van der Waals surface area contributed by atoms with Gasteiger partial charge in [0.1, 0.15) is 0 Å². The van der Waals surface area contributed by atoms with Gasteiger partial charge in [-0.1, -0.05) is 231 Å². The molecule has 0 rings (SSSR count). The minimum Gasteiger partial charge on any atom is -0.368 e. The normalized spacial score (nSPS) is 12.2. The zero-order valence-corrected chi connectivity index (χ0v) is 31.2. The van der Waals surface area contributed by atoms with E-state index in [1.165, 1.54) is 218 Å². The van der Waals surface area contributed by atoms with Crippen molar-refractivity contribution in [3.63, 3.8) is 0 Å². The van der Waals surface area contributed by atoms with Crippen LogP contribution in [0.5, 0.6) is 0 Å². The third-order valence-electron chi connectivity index (χ3n) is 9.33. The standard InChI is InChI=1S/C44H83N/c1-3-5-7-9-11-13-15-17-19-21-23-25-27-29-31-33-35-37-39-41-43-45-44-42-40-38-36-34-32-30-28-26-24-22-20-18-16-14-12-10-8-6-4-2/h37-45H,3-36H2,1-2H3/b39-37+,40-38+,43-41+,44-42+. The van der Waals surface area contributed by atoms with Crippen LogP contribution in [0.2, 0.25) is 0 Å². The summed E-state index contributed by atoms with van der Waals surface area (Å²) in [7, 11) is 0. The van der Waals surface area contributed by atoms with Gasteiger partial charge in [0.25, 0.3) is 0 Å². The Kier molecular flexibility index (Phi) is 41.6. The Hall–Kier alpha value is -1.24. The van der Waals surface area contributed by atoms with Crippen LogP contribution in [-0.4, -0.2) is 0 Å². The van der Waals surface area contributed by atoms with Gasteiger partial charge in [-0.3, -0.25) is 0 Å². The number of allylic oxidation sites excluding steroid dienone is 6. The number of nitrogens with one attached hydrogen (secondary N) is 1. The summed E-state index contributed by atoms with van der Waals surface area (Å²) in [5.74, 6) is 0. The highest BCUT2D eigenvalue weighted by atomic mass is 14.8. The average molecular weight is 626 g/mol. The first-order valence-corrected chi connectivity index (χ1v) is 20.8. The molecule has 0 spiro atoms. The fourth-order valence-corrected chi connectivity index (χ4v) is 6.25. The van der Waals surface area contributed by atoms with Crippen LogP contribution < -0.4 is 5.32 Å². The first-order chi connectivity index (χ1) is 22.4. The molecule has 0 fully saturated rings. The Bertz CT molecular complexity index is 573. The number of hydrogen-bond acceptors (Lipinski definition) is 1. The lowest BCUT2D eigenvalue weighted by Crippen LogP contribution is -1.89. The molecular weight excluding hydrogens is 542 g/mol. The summed E-state index contributed by atoms with van der Waals surface area (Å²) in [6, 6.07) is 0. The molecule has 264 valence electrons. The molecular formula is C44H83N. The number of rotatable bonds is 38. The van der Waals surface area contributed by atoms with Crippen LogP contribution in [0.3, 0.4) is 0 Å². The van der Waals surface area contributed by atoms with E-state index in [1.54, 1.807) is 0 Å². The van der Waals surface area contributed by atoms with Crippen molar-refractivity contribution in [3.05, 3.63) is 48.9 Å². The van der Waals surface area contributed by atoms with Gasteiger partial charge >= 0.3 is 0 Å². The molecule has 0 saturated heterocycles. The minimum atomic E-state index is 1.21. The predicted molar refractivity (Wildman–Crippen MR) is 208 cm³/mol. The Balaban J connectivity index is 3.26. The molecule has 1 heteroatoms. The van der Waals surface area contributed by atoms with E-state index in [0.717, 1.165) is 0 Å². The van der Waals surface area contributed by atoms with Crippen molar-refractivity contribution in [2.24, 2.45) is 0 Å². The van der Waals surface area contributed by atoms with E-state index in [4.69, 9.17) is 0 Å². The molecule has 0 aliphatic heterocycles. The summed E-state index contributed by atoms with van der Waals surface area (Å²) in [5, 5.41) is 3.24. The van der Waals surface area contributed by atoms with Gasteiger partial charge in [0.2, 0.25) is 0 Å². The Morgan fingerprint density at radius 1 is 0.267 bits per heavy atom. The van der Waals surface area contributed by atoms with Gasteiger partial charge in [-0.15, -0.1) is 0 Å². The molecule has 0 unspecified atom stereocenters. The average Bonchev–Trinajstić information content (AvgIpc) is 3.05. The molecule has 0 aromatic heterocycles. The van der Waals surface area contributed by atoms with Crippen LogP contribution in [0.25, 0.3) is 0 Å². The van der Waals surface area contributed by atoms with Gasteiger partial charge in [-0.2, -0.15) is 0 Å². The molecule has 0 heterocycles. The summed E-state index contributed by atoms with van der Waals surface area (Å²) in [4.78, 5) is 0. The largest absolute Gasteiger partial charge is 0.368 e. The van der Waals surface area contributed by atoms with Crippen molar-refractivity contribution in [2.45, 2.75) is 232 Å². The molecule has 1 nitrogen and oxygen atoms in total. The lowest BCUT2D eigenvalue weighted by atomic mass is 10.0. The van der Waals surface area contributed by atoms with E-state index in [-0.39, 0.29) is 0 Å². The van der Waals surface area contributed by atoms with E-state index in [9.17, 15) is 0 Å². The molecule has 45 heavy (non-hydrogen) atoms. The highest BCUT2D eigenvalue weighted by Gasteiger charge is 1.96. The topological polar surface area (TPSA) is 12.0 Å². The Morgan fingerprint density at radius 3 is 0.733 bits per heavy atom. The fraction of sp³-hybridized carbons (Fsp3) is 0.818. The lowest BCUT2D eigenvalue weighted by Gasteiger charge is -2.03. The highest BCUT2D eigenvalue weighted by molar-refractivity contribution is 5.06. The van der Waals surface area contributed by atoms with Crippen molar-refractivity contribution in [1.82, 2.24) is 5.32 Å². The number of hydrogen-bond donors (Lipinski definition) is 1. The van der Waals surface area contributed by atoms with Crippen LogP contribution >= 0.6 is 0 Å².